The summed E-state index contributed by atoms with van der Waals surface area (Å²) in [7, 11) is 3.36. The normalized spacial score (nSPS) is 16.1. The van der Waals surface area contributed by atoms with E-state index in [-0.39, 0.29) is 12.1 Å². The standard InChI is InChI=1S/2C16H19ClN2O2.C4H6O6/c2*1-4-8-18-14-7-6-11-9-13(17)15(10-12(11)14)21-16(20)19(3)5-2;5-1(3(7)8)2(6)4(9)10/h2*1,9-10,14,18H,5-8H2,2-3H3;1-2,5-6H,(H,7,8)(H,9,10)/t2*14-;1-,2-/m001/s1. The zero-order valence-electron chi connectivity index (χ0n) is 29.3. The topological polar surface area (TPSA) is 198 Å². The first-order valence-electron chi connectivity index (χ1n) is 16.3. The van der Waals surface area contributed by atoms with E-state index in [4.69, 9.17) is 65.9 Å². The molecule has 0 bridgehead atoms. The Morgan fingerprint density at radius 2 is 1.12 bits per heavy atom. The number of hydrogen-bond acceptors (Lipinski definition) is 10. The van der Waals surface area contributed by atoms with Gasteiger partial charge in [0, 0.05) is 39.3 Å². The summed E-state index contributed by atoms with van der Waals surface area (Å²) < 4.78 is 10.7. The van der Waals surface area contributed by atoms with Crippen molar-refractivity contribution in [2.75, 3.05) is 40.3 Å². The van der Waals surface area contributed by atoms with Crippen molar-refractivity contribution in [1.82, 2.24) is 20.4 Å². The number of carbonyl (C=O) groups excluding carboxylic acids is 2. The van der Waals surface area contributed by atoms with Crippen LogP contribution >= 0.6 is 23.2 Å². The monoisotopic (exact) mass is 762 g/mol. The second-order valence-electron chi connectivity index (χ2n) is 11.6. The first-order valence-corrected chi connectivity index (χ1v) is 17.0. The molecule has 52 heavy (non-hydrogen) atoms. The van der Waals surface area contributed by atoms with Gasteiger partial charge in [-0.25, -0.2) is 19.2 Å². The van der Waals surface area contributed by atoms with Gasteiger partial charge in [0.05, 0.1) is 23.1 Å². The van der Waals surface area contributed by atoms with Gasteiger partial charge in [0.1, 0.15) is 0 Å². The van der Waals surface area contributed by atoms with Gasteiger partial charge in [-0.15, -0.1) is 12.8 Å². The molecule has 2 aromatic carbocycles. The number of rotatable bonds is 11. The van der Waals surface area contributed by atoms with Crippen LogP contribution in [0.2, 0.25) is 10.0 Å². The Morgan fingerprint density at radius 3 is 1.40 bits per heavy atom. The molecule has 282 valence electrons. The lowest BCUT2D eigenvalue weighted by Crippen LogP contribution is -2.39. The van der Waals surface area contributed by atoms with Crippen molar-refractivity contribution in [3.63, 3.8) is 0 Å². The highest BCUT2D eigenvalue weighted by molar-refractivity contribution is 6.32. The first kappa shape index (κ1) is 43.6. The van der Waals surface area contributed by atoms with E-state index in [1.54, 1.807) is 14.1 Å². The third-order valence-corrected chi connectivity index (χ3v) is 8.81. The highest BCUT2D eigenvalue weighted by atomic mass is 35.5. The first-order chi connectivity index (χ1) is 24.6. The van der Waals surface area contributed by atoms with Gasteiger partial charge >= 0.3 is 24.1 Å². The van der Waals surface area contributed by atoms with Crippen LogP contribution in [-0.2, 0) is 22.4 Å². The van der Waals surface area contributed by atoms with Crippen molar-refractivity contribution >= 4 is 47.3 Å². The Hall–Kier alpha value is -4.54. The zero-order chi connectivity index (χ0) is 39.1. The highest BCUT2D eigenvalue weighted by Gasteiger charge is 2.29. The van der Waals surface area contributed by atoms with Crippen molar-refractivity contribution < 1.29 is 49.1 Å². The van der Waals surface area contributed by atoms with Crippen LogP contribution < -0.4 is 20.1 Å². The number of aliphatic hydroxyl groups excluding tert-OH is 2. The van der Waals surface area contributed by atoms with Crippen LogP contribution in [0.15, 0.2) is 24.3 Å². The number of benzene rings is 2. The van der Waals surface area contributed by atoms with E-state index in [0.717, 1.165) is 36.8 Å². The number of hydrogen-bond donors (Lipinski definition) is 6. The van der Waals surface area contributed by atoms with E-state index in [9.17, 15) is 19.2 Å². The maximum Gasteiger partial charge on any atom is 0.415 e. The average molecular weight is 764 g/mol. The zero-order valence-corrected chi connectivity index (χ0v) is 30.8. The molecule has 0 aliphatic heterocycles. The molecule has 0 heterocycles. The number of terminal acetylenes is 2. The molecule has 14 nitrogen and oxygen atoms in total. The summed E-state index contributed by atoms with van der Waals surface area (Å²) in [5.41, 5.74) is 4.57. The lowest BCUT2D eigenvalue weighted by molar-refractivity contribution is -0.165. The maximum atomic E-state index is 11.9. The molecule has 2 aliphatic carbocycles. The molecule has 4 rings (SSSR count). The molecular weight excluding hydrogens is 719 g/mol. The minimum absolute atomic E-state index is 0.190. The summed E-state index contributed by atoms with van der Waals surface area (Å²) >= 11 is 12.4. The smallest absolute Gasteiger partial charge is 0.415 e. The van der Waals surface area contributed by atoms with E-state index in [2.05, 4.69) is 22.5 Å². The van der Waals surface area contributed by atoms with Crippen LogP contribution in [0, 0.1) is 24.7 Å². The van der Waals surface area contributed by atoms with Gasteiger partial charge in [-0.2, -0.15) is 0 Å². The van der Waals surface area contributed by atoms with Crippen LogP contribution in [-0.4, -0.2) is 107 Å². The third kappa shape index (κ3) is 12.3. The van der Waals surface area contributed by atoms with E-state index in [0.29, 0.717) is 47.7 Å². The van der Waals surface area contributed by atoms with Crippen LogP contribution in [0.1, 0.15) is 61.0 Å². The van der Waals surface area contributed by atoms with Crippen molar-refractivity contribution in [1.29, 1.82) is 0 Å². The molecule has 2 aliphatic rings. The summed E-state index contributed by atoms with van der Waals surface area (Å²) in [6, 6.07) is 7.83. The molecule has 0 saturated heterocycles. The van der Waals surface area contributed by atoms with Crippen molar-refractivity contribution in [3.8, 4) is 36.2 Å². The molecule has 6 N–H and O–H groups in total. The summed E-state index contributed by atoms with van der Waals surface area (Å²) in [4.78, 5) is 46.2. The van der Waals surface area contributed by atoms with Crippen LogP contribution in [0.25, 0.3) is 0 Å². The van der Waals surface area contributed by atoms with Gasteiger partial charge < -0.3 is 39.7 Å². The summed E-state index contributed by atoms with van der Waals surface area (Å²) in [5, 5.41) is 40.0. The number of nitrogens with one attached hydrogen (secondary N) is 2. The highest BCUT2D eigenvalue weighted by Crippen LogP contribution is 2.39. The van der Waals surface area contributed by atoms with Gasteiger partial charge in [-0.05, 0) is 86.1 Å². The SMILES string of the molecule is C#CCN[C@H]1CCc2cc(Cl)c(OC(=O)N(C)CC)cc21.C#CCN[C@H]1CCc2cc(Cl)c(OC(=O)N(C)CC)cc21.O=C(O)[C@H](O)[C@@H](O)C(=O)O. The molecule has 0 radical (unpaired) electrons. The largest absolute Gasteiger partial charge is 0.479 e. The number of nitrogens with zero attached hydrogens (tertiary/aromatic N) is 2. The molecule has 4 atom stereocenters. The minimum atomic E-state index is -2.27. The van der Waals surface area contributed by atoms with Crippen LogP contribution in [0.5, 0.6) is 11.5 Å². The molecule has 2 aromatic rings. The lowest BCUT2D eigenvalue weighted by atomic mass is 10.1. The number of aliphatic carboxylic acids is 2. The van der Waals surface area contributed by atoms with E-state index in [1.165, 1.54) is 20.9 Å². The number of carboxylic acid groups (broad SMARTS) is 2. The predicted octanol–water partition coefficient (Wildman–Crippen LogP) is 3.88. The number of aryl methyl sites for hydroxylation is 2. The average Bonchev–Trinajstić information content (AvgIpc) is 3.70. The molecule has 0 aromatic heterocycles. The van der Waals surface area contributed by atoms with Gasteiger partial charge in [-0.3, -0.25) is 10.6 Å². The van der Waals surface area contributed by atoms with Crippen molar-refractivity contribution in [2.45, 2.75) is 63.8 Å². The lowest BCUT2D eigenvalue weighted by Gasteiger charge is -2.17. The summed E-state index contributed by atoms with van der Waals surface area (Å²) in [6.45, 7) is 5.94. The van der Waals surface area contributed by atoms with Crippen molar-refractivity contribution in [2.24, 2.45) is 0 Å². The molecule has 0 saturated carbocycles. The number of aliphatic hydroxyl groups is 2. The van der Waals surface area contributed by atoms with E-state index in [1.807, 2.05) is 38.1 Å². The Morgan fingerprint density at radius 1 is 0.769 bits per heavy atom. The number of ether oxygens (including phenoxy) is 2. The number of carbonyl (C=O) groups is 4. The second kappa shape index (κ2) is 21.1. The molecule has 0 fully saturated rings. The Bertz CT molecular complexity index is 1550. The summed E-state index contributed by atoms with van der Waals surface area (Å²) in [6.07, 6.45) is 9.05. The minimum Gasteiger partial charge on any atom is -0.479 e. The molecule has 16 heteroatoms. The van der Waals surface area contributed by atoms with E-state index < -0.39 is 36.3 Å². The molecule has 0 unspecified atom stereocenters. The number of fused-ring (bicyclic) bond motifs is 2. The van der Waals surface area contributed by atoms with Crippen LogP contribution in [0.4, 0.5) is 9.59 Å². The number of amides is 2. The molecule has 0 spiro atoms. The number of carboxylic acids is 2. The van der Waals surface area contributed by atoms with Gasteiger partial charge in [0.15, 0.2) is 23.7 Å². The predicted molar refractivity (Wildman–Crippen MR) is 195 cm³/mol. The van der Waals surface area contributed by atoms with Gasteiger partial charge in [-0.1, -0.05) is 35.0 Å². The molecule has 2 amide bonds. The maximum absolute atomic E-state index is 11.9. The quantitative estimate of drug-likeness (QED) is 0.181. The van der Waals surface area contributed by atoms with Crippen molar-refractivity contribution in [3.05, 3.63) is 56.6 Å². The van der Waals surface area contributed by atoms with Gasteiger partial charge in [0.2, 0.25) is 0 Å². The Balaban J connectivity index is 0.000000289. The van der Waals surface area contributed by atoms with Gasteiger partial charge in [0.25, 0.3) is 0 Å². The second-order valence-corrected chi connectivity index (χ2v) is 12.5. The summed E-state index contributed by atoms with van der Waals surface area (Å²) in [5.74, 6) is 2.41. The Kier molecular flexibility index (Phi) is 17.7. The van der Waals surface area contributed by atoms with E-state index >= 15 is 0 Å². The van der Waals surface area contributed by atoms with Crippen LogP contribution in [0.3, 0.4) is 0 Å². The molecular formula is C36H44Cl2N4O10. The fraction of sp³-hybridized carbons (Fsp3) is 0.444. The number of halogens is 2. The fourth-order valence-corrected chi connectivity index (χ4v) is 5.48. The fourth-order valence-electron chi connectivity index (χ4n) is 5.03. The Labute approximate surface area is 313 Å². The third-order valence-electron chi connectivity index (χ3n) is 8.22.